The summed E-state index contributed by atoms with van der Waals surface area (Å²) in [5.41, 5.74) is -0.508. The van der Waals surface area contributed by atoms with Gasteiger partial charge in [0.25, 0.3) is 0 Å². The molecule has 0 saturated heterocycles. The van der Waals surface area contributed by atoms with Gasteiger partial charge in [-0.3, -0.25) is 0 Å². The van der Waals surface area contributed by atoms with Crippen LogP contribution >= 0.6 is 12.2 Å². The van der Waals surface area contributed by atoms with E-state index in [1.165, 1.54) is 6.07 Å². The maximum absolute atomic E-state index is 12.2. The third-order valence-electron chi connectivity index (χ3n) is 1.65. The van der Waals surface area contributed by atoms with Gasteiger partial charge in [-0.15, -0.1) is 0 Å². The summed E-state index contributed by atoms with van der Waals surface area (Å²) in [7, 11) is 0. The first-order valence-corrected chi connectivity index (χ1v) is 4.92. The Bertz CT molecular complexity index is 361. The van der Waals surface area contributed by atoms with Gasteiger partial charge in [0, 0.05) is 6.54 Å². The van der Waals surface area contributed by atoms with Crippen molar-refractivity contribution in [3.8, 4) is 0 Å². The summed E-state index contributed by atoms with van der Waals surface area (Å²) in [6, 6.07) is 2.18. The van der Waals surface area contributed by atoms with Crippen LogP contribution in [0.2, 0.25) is 0 Å². The molecule has 0 aliphatic heterocycles. The number of alkyl halides is 3. The Kier molecular flexibility index (Phi) is 4.05. The number of halogens is 3. The summed E-state index contributed by atoms with van der Waals surface area (Å²) in [5.74, 6) is 0. The highest BCUT2D eigenvalue weighted by Crippen LogP contribution is 2.27. The fraction of sp³-hybridized carbons (Fsp3) is 0.333. The van der Waals surface area contributed by atoms with Gasteiger partial charge in [0.15, 0.2) is 5.11 Å². The molecule has 0 aromatic carbocycles. The standard InChI is InChI=1S/C9H10F3N3S/c1-2-13-8(16)15-6-3-4-7(14-5-6)9(10,11)12/h3-5H,2H2,1H3,(H2,13,15,16). The van der Waals surface area contributed by atoms with Crippen LogP contribution in [0.5, 0.6) is 0 Å². The van der Waals surface area contributed by atoms with E-state index in [2.05, 4.69) is 15.6 Å². The maximum Gasteiger partial charge on any atom is 0.433 e. The van der Waals surface area contributed by atoms with Crippen LogP contribution in [-0.2, 0) is 6.18 Å². The maximum atomic E-state index is 12.2. The Morgan fingerprint density at radius 2 is 2.12 bits per heavy atom. The van der Waals surface area contributed by atoms with E-state index in [-0.39, 0.29) is 0 Å². The minimum Gasteiger partial charge on any atom is -0.363 e. The molecule has 88 valence electrons. The predicted octanol–water partition coefficient (Wildman–Crippen LogP) is 2.41. The van der Waals surface area contributed by atoms with Crippen molar-refractivity contribution in [1.29, 1.82) is 0 Å². The molecule has 0 atom stereocenters. The van der Waals surface area contributed by atoms with Gasteiger partial charge in [0.2, 0.25) is 0 Å². The minimum atomic E-state index is -4.42. The van der Waals surface area contributed by atoms with Gasteiger partial charge in [-0.2, -0.15) is 13.2 Å². The van der Waals surface area contributed by atoms with Crippen molar-refractivity contribution < 1.29 is 13.2 Å². The number of aromatic nitrogens is 1. The van der Waals surface area contributed by atoms with Crippen LogP contribution in [0.3, 0.4) is 0 Å². The zero-order chi connectivity index (χ0) is 12.2. The summed E-state index contributed by atoms with van der Waals surface area (Å²) in [4.78, 5) is 3.29. The minimum absolute atomic E-state index is 0.351. The lowest BCUT2D eigenvalue weighted by atomic mass is 10.3. The normalized spacial score (nSPS) is 11.0. The van der Waals surface area contributed by atoms with E-state index >= 15 is 0 Å². The van der Waals surface area contributed by atoms with Crippen LogP contribution in [0.1, 0.15) is 12.6 Å². The van der Waals surface area contributed by atoms with Crippen LogP contribution in [0, 0.1) is 0 Å². The van der Waals surface area contributed by atoms with Crippen LogP contribution < -0.4 is 10.6 Å². The SMILES string of the molecule is CCNC(=S)Nc1ccc(C(F)(F)F)nc1. The second kappa shape index (κ2) is 5.11. The number of anilines is 1. The Morgan fingerprint density at radius 3 is 2.56 bits per heavy atom. The quantitative estimate of drug-likeness (QED) is 0.789. The monoisotopic (exact) mass is 249 g/mol. The highest BCUT2D eigenvalue weighted by Gasteiger charge is 2.31. The molecule has 0 unspecified atom stereocenters. The fourth-order valence-corrected chi connectivity index (χ4v) is 1.23. The summed E-state index contributed by atoms with van der Waals surface area (Å²) < 4.78 is 36.5. The summed E-state index contributed by atoms with van der Waals surface area (Å²) >= 11 is 4.87. The van der Waals surface area contributed by atoms with Gasteiger partial charge in [0.1, 0.15) is 5.69 Å². The Morgan fingerprint density at radius 1 is 1.44 bits per heavy atom. The van der Waals surface area contributed by atoms with E-state index in [9.17, 15) is 13.2 Å². The Labute approximate surface area is 96.1 Å². The summed E-state index contributed by atoms with van der Waals surface area (Å²) in [5, 5.41) is 5.87. The van der Waals surface area contributed by atoms with E-state index in [1.54, 1.807) is 0 Å². The summed E-state index contributed by atoms with van der Waals surface area (Å²) in [6.45, 7) is 2.50. The number of nitrogens with one attached hydrogen (secondary N) is 2. The molecule has 1 aromatic rings. The molecule has 1 rings (SSSR count). The lowest BCUT2D eigenvalue weighted by molar-refractivity contribution is -0.141. The first kappa shape index (κ1) is 12.7. The molecule has 0 spiro atoms. The van der Waals surface area contributed by atoms with Gasteiger partial charge in [-0.1, -0.05) is 0 Å². The van der Waals surface area contributed by atoms with Gasteiger partial charge in [-0.05, 0) is 31.3 Å². The number of hydrogen-bond donors (Lipinski definition) is 2. The smallest absolute Gasteiger partial charge is 0.363 e. The highest BCUT2D eigenvalue weighted by atomic mass is 32.1. The van der Waals surface area contributed by atoms with Crippen molar-refractivity contribution >= 4 is 23.0 Å². The second-order valence-electron chi connectivity index (χ2n) is 2.91. The zero-order valence-electron chi connectivity index (χ0n) is 8.43. The molecule has 16 heavy (non-hydrogen) atoms. The van der Waals surface area contributed by atoms with Gasteiger partial charge >= 0.3 is 6.18 Å². The second-order valence-corrected chi connectivity index (χ2v) is 3.32. The predicted molar refractivity (Wildman–Crippen MR) is 59.1 cm³/mol. The van der Waals surface area contributed by atoms with Gasteiger partial charge < -0.3 is 10.6 Å². The van der Waals surface area contributed by atoms with Crippen LogP contribution in [0.4, 0.5) is 18.9 Å². The third-order valence-corrected chi connectivity index (χ3v) is 1.90. The van der Waals surface area contributed by atoms with Crippen molar-refractivity contribution in [2.24, 2.45) is 0 Å². The van der Waals surface area contributed by atoms with Crippen LogP contribution in [0.25, 0.3) is 0 Å². The number of thiocarbonyl (C=S) groups is 1. The molecule has 0 aliphatic carbocycles. The molecule has 7 heteroatoms. The van der Waals surface area contributed by atoms with E-state index < -0.39 is 11.9 Å². The van der Waals surface area contributed by atoms with E-state index in [4.69, 9.17) is 12.2 Å². The average molecular weight is 249 g/mol. The fourth-order valence-electron chi connectivity index (χ4n) is 0.971. The Balaban J connectivity index is 2.69. The molecule has 1 aromatic heterocycles. The van der Waals surface area contributed by atoms with Crippen molar-refractivity contribution in [1.82, 2.24) is 10.3 Å². The van der Waals surface area contributed by atoms with Crippen molar-refractivity contribution in [3.63, 3.8) is 0 Å². The van der Waals surface area contributed by atoms with Gasteiger partial charge in [-0.25, -0.2) is 4.98 Å². The van der Waals surface area contributed by atoms with Crippen molar-refractivity contribution in [2.75, 3.05) is 11.9 Å². The van der Waals surface area contributed by atoms with E-state index in [1.807, 2.05) is 6.92 Å². The molecule has 3 nitrogen and oxygen atoms in total. The van der Waals surface area contributed by atoms with Crippen LogP contribution in [0.15, 0.2) is 18.3 Å². The van der Waals surface area contributed by atoms with Crippen LogP contribution in [-0.4, -0.2) is 16.6 Å². The molecular weight excluding hydrogens is 239 g/mol. The van der Waals surface area contributed by atoms with E-state index in [0.29, 0.717) is 17.3 Å². The first-order chi connectivity index (χ1) is 7.43. The molecule has 0 bridgehead atoms. The molecule has 2 N–H and O–H groups in total. The molecule has 0 aliphatic rings. The average Bonchev–Trinajstić information content (AvgIpc) is 2.17. The first-order valence-electron chi connectivity index (χ1n) is 4.51. The molecule has 0 fully saturated rings. The number of rotatable bonds is 2. The van der Waals surface area contributed by atoms with Crippen molar-refractivity contribution in [2.45, 2.75) is 13.1 Å². The topological polar surface area (TPSA) is 37.0 Å². The molecule has 0 saturated carbocycles. The third kappa shape index (κ3) is 3.65. The zero-order valence-corrected chi connectivity index (χ0v) is 9.25. The molecule has 0 amide bonds. The highest BCUT2D eigenvalue weighted by molar-refractivity contribution is 7.80. The molecular formula is C9H10F3N3S. The van der Waals surface area contributed by atoms with Gasteiger partial charge in [0.05, 0.1) is 11.9 Å². The van der Waals surface area contributed by atoms with E-state index in [0.717, 1.165) is 12.3 Å². The summed E-state index contributed by atoms with van der Waals surface area (Å²) in [6.07, 6.45) is -3.33. The molecule has 0 radical (unpaired) electrons. The number of hydrogen-bond acceptors (Lipinski definition) is 2. The number of pyridine rings is 1. The lowest BCUT2D eigenvalue weighted by Crippen LogP contribution is -2.28. The largest absolute Gasteiger partial charge is 0.433 e. The number of nitrogens with zero attached hydrogens (tertiary/aromatic N) is 1. The Hall–Kier alpha value is -1.37. The lowest BCUT2D eigenvalue weighted by Gasteiger charge is -2.09. The molecule has 1 heterocycles. The van der Waals surface area contributed by atoms with Crippen molar-refractivity contribution in [3.05, 3.63) is 24.0 Å².